The first-order chi connectivity index (χ1) is 4.68. The second kappa shape index (κ2) is 2.68. The number of carbonyl (C=O) groups excluding carboxylic acids is 1. The van der Waals surface area contributed by atoms with Crippen molar-refractivity contribution in [3.05, 3.63) is 0 Å². The van der Waals surface area contributed by atoms with Crippen molar-refractivity contribution < 1.29 is 4.79 Å². The average Bonchev–Trinajstić information content (AvgIpc) is 2.13. The summed E-state index contributed by atoms with van der Waals surface area (Å²) in [7, 11) is 0. The summed E-state index contributed by atoms with van der Waals surface area (Å²) in [6, 6.07) is 0.317. The number of hydrogen-bond donors (Lipinski definition) is 2. The molecular weight excluding hydrogens is 130 g/mol. The van der Waals surface area contributed by atoms with Crippen molar-refractivity contribution in [3.8, 4) is 0 Å². The third-order valence-corrected chi connectivity index (χ3v) is 1.06. The van der Waals surface area contributed by atoms with Crippen LogP contribution in [0.4, 0.5) is 0 Å². The molecule has 4 heteroatoms. The van der Waals surface area contributed by atoms with E-state index in [0.717, 1.165) is 0 Å². The van der Waals surface area contributed by atoms with Crippen LogP contribution in [0.5, 0.6) is 0 Å². The van der Waals surface area contributed by atoms with Crippen LogP contribution in [-0.4, -0.2) is 24.5 Å². The molecule has 1 amide bonds. The number of carbonyl (C=O) groups is 1. The molecule has 0 saturated carbocycles. The molecule has 0 aromatic carbocycles. The molecule has 1 rings (SSSR count). The van der Waals surface area contributed by atoms with E-state index in [9.17, 15) is 4.79 Å². The molecule has 0 saturated heterocycles. The number of nitrogens with one attached hydrogen (secondary N) is 2. The molecule has 0 aromatic heterocycles. The zero-order valence-electron chi connectivity index (χ0n) is 6.14. The molecule has 2 N–H and O–H groups in total. The Morgan fingerprint density at radius 3 is 2.80 bits per heavy atom. The Morgan fingerprint density at radius 1 is 1.70 bits per heavy atom. The predicted octanol–water partition coefficient (Wildman–Crippen LogP) is -0.530. The molecule has 0 aromatic rings. The SMILES string of the molecule is CC(C)NC1=NCC(=O)N1. The van der Waals surface area contributed by atoms with E-state index in [1.165, 1.54) is 0 Å². The zero-order valence-corrected chi connectivity index (χ0v) is 6.14. The normalized spacial score (nSPS) is 17.1. The molecule has 1 aliphatic rings. The van der Waals surface area contributed by atoms with E-state index in [0.29, 0.717) is 12.0 Å². The third-order valence-electron chi connectivity index (χ3n) is 1.06. The minimum absolute atomic E-state index is 0.0387. The lowest BCUT2D eigenvalue weighted by atomic mass is 10.4. The van der Waals surface area contributed by atoms with Gasteiger partial charge < -0.3 is 5.32 Å². The molecule has 1 aliphatic heterocycles. The monoisotopic (exact) mass is 141 g/mol. The van der Waals surface area contributed by atoms with Crippen molar-refractivity contribution in [2.24, 2.45) is 4.99 Å². The summed E-state index contributed by atoms with van der Waals surface area (Å²) in [6.45, 7) is 4.25. The summed E-state index contributed by atoms with van der Waals surface area (Å²) in [6.07, 6.45) is 0. The topological polar surface area (TPSA) is 53.5 Å². The Bertz CT molecular complexity index is 174. The lowest BCUT2D eigenvalue weighted by Gasteiger charge is -2.07. The van der Waals surface area contributed by atoms with E-state index in [1.54, 1.807) is 0 Å². The maximum Gasteiger partial charge on any atom is 0.248 e. The second-order valence-electron chi connectivity index (χ2n) is 2.51. The fourth-order valence-electron chi connectivity index (χ4n) is 0.717. The fourth-order valence-corrected chi connectivity index (χ4v) is 0.717. The van der Waals surface area contributed by atoms with Gasteiger partial charge in [-0.3, -0.25) is 10.1 Å². The van der Waals surface area contributed by atoms with Crippen LogP contribution in [0.1, 0.15) is 13.8 Å². The van der Waals surface area contributed by atoms with E-state index in [-0.39, 0.29) is 12.5 Å². The minimum atomic E-state index is -0.0387. The molecule has 0 bridgehead atoms. The van der Waals surface area contributed by atoms with Gasteiger partial charge in [0.2, 0.25) is 5.91 Å². The Labute approximate surface area is 59.7 Å². The van der Waals surface area contributed by atoms with E-state index < -0.39 is 0 Å². The largest absolute Gasteiger partial charge is 0.354 e. The van der Waals surface area contributed by atoms with Gasteiger partial charge in [0.05, 0.1) is 0 Å². The minimum Gasteiger partial charge on any atom is -0.354 e. The van der Waals surface area contributed by atoms with Crippen LogP contribution in [0.3, 0.4) is 0 Å². The van der Waals surface area contributed by atoms with E-state index in [2.05, 4.69) is 15.6 Å². The molecular formula is C6H11N3O. The third kappa shape index (κ3) is 1.72. The molecule has 0 aliphatic carbocycles. The Balaban J connectivity index is 2.37. The fraction of sp³-hybridized carbons (Fsp3) is 0.667. The van der Waals surface area contributed by atoms with Gasteiger partial charge in [-0.05, 0) is 13.8 Å². The lowest BCUT2D eigenvalue weighted by molar-refractivity contribution is -0.117. The van der Waals surface area contributed by atoms with Gasteiger partial charge >= 0.3 is 0 Å². The maximum absolute atomic E-state index is 10.6. The van der Waals surface area contributed by atoms with Crippen molar-refractivity contribution in [3.63, 3.8) is 0 Å². The van der Waals surface area contributed by atoms with Crippen LogP contribution in [-0.2, 0) is 4.79 Å². The van der Waals surface area contributed by atoms with E-state index >= 15 is 0 Å². The standard InChI is InChI=1S/C6H11N3O/c1-4(2)8-6-7-3-5(10)9-6/h4H,3H2,1-2H3,(H2,7,8,9,10). The quantitative estimate of drug-likeness (QED) is 0.515. The number of hydrogen-bond acceptors (Lipinski definition) is 3. The van der Waals surface area contributed by atoms with Gasteiger partial charge in [-0.1, -0.05) is 0 Å². The highest BCUT2D eigenvalue weighted by molar-refractivity contribution is 6.02. The summed E-state index contributed by atoms with van der Waals surface area (Å²) >= 11 is 0. The predicted molar refractivity (Wildman–Crippen MR) is 38.7 cm³/mol. The van der Waals surface area contributed by atoms with Crippen LogP contribution in [0.15, 0.2) is 4.99 Å². The van der Waals surface area contributed by atoms with Gasteiger partial charge in [0, 0.05) is 6.04 Å². The summed E-state index contributed by atoms with van der Waals surface area (Å²) in [5.74, 6) is 0.558. The van der Waals surface area contributed by atoms with Crippen LogP contribution in [0.25, 0.3) is 0 Å². The number of rotatable bonds is 1. The van der Waals surface area contributed by atoms with Gasteiger partial charge in [-0.2, -0.15) is 0 Å². The summed E-state index contributed by atoms with van der Waals surface area (Å²) in [5.41, 5.74) is 0. The summed E-state index contributed by atoms with van der Waals surface area (Å²) in [4.78, 5) is 14.5. The molecule has 0 atom stereocenters. The molecule has 0 radical (unpaired) electrons. The van der Waals surface area contributed by atoms with Crippen molar-refractivity contribution in [1.29, 1.82) is 0 Å². The van der Waals surface area contributed by atoms with Crippen LogP contribution >= 0.6 is 0 Å². The molecule has 56 valence electrons. The van der Waals surface area contributed by atoms with Crippen molar-refractivity contribution in [2.75, 3.05) is 6.54 Å². The summed E-state index contributed by atoms with van der Waals surface area (Å²) < 4.78 is 0. The first-order valence-electron chi connectivity index (χ1n) is 3.29. The number of amides is 1. The molecule has 10 heavy (non-hydrogen) atoms. The molecule has 1 heterocycles. The number of guanidine groups is 1. The van der Waals surface area contributed by atoms with Gasteiger partial charge in [0.25, 0.3) is 0 Å². The number of nitrogens with zero attached hydrogens (tertiary/aromatic N) is 1. The van der Waals surface area contributed by atoms with Gasteiger partial charge in [0.1, 0.15) is 6.54 Å². The first kappa shape index (κ1) is 7.05. The lowest BCUT2D eigenvalue weighted by Crippen LogP contribution is -2.39. The van der Waals surface area contributed by atoms with Crippen molar-refractivity contribution >= 4 is 11.9 Å². The van der Waals surface area contributed by atoms with Crippen LogP contribution in [0, 0.1) is 0 Å². The highest BCUT2D eigenvalue weighted by atomic mass is 16.2. The van der Waals surface area contributed by atoms with Crippen molar-refractivity contribution in [2.45, 2.75) is 19.9 Å². The van der Waals surface area contributed by atoms with Crippen LogP contribution < -0.4 is 10.6 Å². The van der Waals surface area contributed by atoms with Gasteiger partial charge in [0.15, 0.2) is 5.96 Å². The maximum atomic E-state index is 10.6. The highest BCUT2D eigenvalue weighted by Crippen LogP contribution is 1.85. The smallest absolute Gasteiger partial charge is 0.248 e. The first-order valence-corrected chi connectivity index (χ1v) is 3.29. The molecule has 0 fully saturated rings. The highest BCUT2D eigenvalue weighted by Gasteiger charge is 2.12. The average molecular weight is 141 g/mol. The zero-order chi connectivity index (χ0) is 7.56. The van der Waals surface area contributed by atoms with Crippen molar-refractivity contribution in [1.82, 2.24) is 10.6 Å². The molecule has 4 nitrogen and oxygen atoms in total. The van der Waals surface area contributed by atoms with E-state index in [4.69, 9.17) is 0 Å². The second-order valence-corrected chi connectivity index (χ2v) is 2.51. The van der Waals surface area contributed by atoms with Crippen LogP contribution in [0.2, 0.25) is 0 Å². The molecule has 0 spiro atoms. The van der Waals surface area contributed by atoms with Gasteiger partial charge in [-0.25, -0.2) is 4.99 Å². The molecule has 0 unspecified atom stereocenters. The Kier molecular flexibility index (Phi) is 1.89. The number of aliphatic imine (C=N–C) groups is 1. The summed E-state index contributed by atoms with van der Waals surface area (Å²) in [5, 5.41) is 5.58. The Hall–Kier alpha value is -1.06. The Morgan fingerprint density at radius 2 is 2.40 bits per heavy atom. The van der Waals surface area contributed by atoms with Gasteiger partial charge in [-0.15, -0.1) is 0 Å². The van der Waals surface area contributed by atoms with E-state index in [1.807, 2.05) is 13.8 Å².